The zero-order valence-corrected chi connectivity index (χ0v) is 14.7. The number of hydrogen-bond donors (Lipinski definition) is 3. The Hall–Kier alpha value is -3.13. The maximum atomic E-state index is 12.1. The van der Waals surface area contributed by atoms with Crippen molar-refractivity contribution in [1.82, 2.24) is 10.6 Å². The van der Waals surface area contributed by atoms with E-state index in [-0.39, 0.29) is 29.6 Å². The molecule has 3 amide bonds. The van der Waals surface area contributed by atoms with Gasteiger partial charge >= 0.3 is 0 Å². The smallest absolute Gasteiger partial charge is 0.291 e. The first kappa shape index (κ1) is 18.7. The average molecular weight is 371 g/mol. The zero-order chi connectivity index (χ0) is 19.1. The van der Waals surface area contributed by atoms with E-state index in [1.807, 2.05) is 0 Å². The molecule has 2 aromatic rings. The summed E-state index contributed by atoms with van der Waals surface area (Å²) in [5.41, 5.74) is 1.01. The van der Waals surface area contributed by atoms with E-state index in [1.54, 1.807) is 36.4 Å². The summed E-state index contributed by atoms with van der Waals surface area (Å²) < 4.78 is 10.3. The van der Waals surface area contributed by atoms with Crippen LogP contribution < -0.4 is 16.0 Å². The maximum Gasteiger partial charge on any atom is 0.291 e. The third-order valence-electron chi connectivity index (χ3n) is 4.08. The van der Waals surface area contributed by atoms with Crippen molar-refractivity contribution < 1.29 is 23.5 Å². The Balaban J connectivity index is 1.40. The summed E-state index contributed by atoms with van der Waals surface area (Å²) in [5, 5.41) is 8.15. The van der Waals surface area contributed by atoms with Gasteiger partial charge < -0.3 is 25.1 Å². The number of anilines is 1. The molecule has 1 fully saturated rings. The molecule has 8 heteroatoms. The summed E-state index contributed by atoms with van der Waals surface area (Å²) >= 11 is 0. The molecular formula is C19H21N3O5. The van der Waals surface area contributed by atoms with Crippen LogP contribution in [0.25, 0.3) is 0 Å². The maximum absolute atomic E-state index is 12.1. The van der Waals surface area contributed by atoms with E-state index >= 15 is 0 Å². The predicted molar refractivity (Wildman–Crippen MR) is 97.4 cm³/mol. The molecule has 1 aromatic heterocycles. The minimum absolute atomic E-state index is 0.140. The molecule has 0 saturated carbocycles. The number of ether oxygens (including phenoxy) is 1. The number of nitrogens with one attached hydrogen (secondary N) is 3. The van der Waals surface area contributed by atoms with Gasteiger partial charge in [-0.05, 0) is 49.2 Å². The SMILES string of the molecule is O=C(NCCNC(=O)C1CCCO1)c1ccc(NC(=O)c2ccco2)cc1. The van der Waals surface area contributed by atoms with Crippen molar-refractivity contribution in [3.63, 3.8) is 0 Å². The van der Waals surface area contributed by atoms with E-state index in [1.165, 1.54) is 6.26 Å². The van der Waals surface area contributed by atoms with Crippen LogP contribution in [0.2, 0.25) is 0 Å². The van der Waals surface area contributed by atoms with Gasteiger partial charge in [0.2, 0.25) is 5.91 Å². The molecule has 142 valence electrons. The molecule has 3 rings (SSSR count). The van der Waals surface area contributed by atoms with Crippen molar-refractivity contribution in [2.24, 2.45) is 0 Å². The molecule has 1 aromatic carbocycles. The molecule has 27 heavy (non-hydrogen) atoms. The summed E-state index contributed by atoms with van der Waals surface area (Å²) in [5.74, 6) is -0.551. The molecule has 1 saturated heterocycles. The first-order chi connectivity index (χ1) is 13.1. The highest BCUT2D eigenvalue weighted by molar-refractivity contribution is 6.02. The van der Waals surface area contributed by atoms with E-state index < -0.39 is 0 Å². The van der Waals surface area contributed by atoms with Crippen LogP contribution in [0.5, 0.6) is 0 Å². The van der Waals surface area contributed by atoms with Crippen LogP contribution in [0.3, 0.4) is 0 Å². The lowest BCUT2D eigenvalue weighted by Gasteiger charge is -2.11. The van der Waals surface area contributed by atoms with Crippen LogP contribution in [0.15, 0.2) is 47.1 Å². The fraction of sp³-hybridized carbons (Fsp3) is 0.316. The number of benzene rings is 1. The molecule has 8 nitrogen and oxygen atoms in total. The number of carbonyl (C=O) groups is 3. The highest BCUT2D eigenvalue weighted by atomic mass is 16.5. The second-order valence-electron chi connectivity index (χ2n) is 6.06. The zero-order valence-electron chi connectivity index (χ0n) is 14.7. The van der Waals surface area contributed by atoms with E-state index in [0.717, 1.165) is 12.8 Å². The van der Waals surface area contributed by atoms with Crippen molar-refractivity contribution in [2.45, 2.75) is 18.9 Å². The van der Waals surface area contributed by atoms with Crippen molar-refractivity contribution >= 4 is 23.4 Å². The van der Waals surface area contributed by atoms with E-state index in [0.29, 0.717) is 30.9 Å². The summed E-state index contributed by atoms with van der Waals surface area (Å²) in [7, 11) is 0. The van der Waals surface area contributed by atoms with Gasteiger partial charge in [0.15, 0.2) is 5.76 Å². The standard InChI is InChI=1S/C19H21N3O5/c23-17(20-9-10-21-18(24)15-3-1-11-26-15)13-5-7-14(8-6-13)22-19(25)16-4-2-12-27-16/h2,4-8,12,15H,1,3,9-11H2,(H,20,23)(H,21,24)(H,22,25). The summed E-state index contributed by atoms with van der Waals surface area (Å²) in [6.45, 7) is 1.27. The Kier molecular flexibility index (Phi) is 6.22. The fourth-order valence-corrected chi connectivity index (χ4v) is 2.67. The van der Waals surface area contributed by atoms with E-state index in [2.05, 4.69) is 16.0 Å². The predicted octanol–water partition coefficient (Wildman–Crippen LogP) is 1.56. The average Bonchev–Trinajstić information content (AvgIpc) is 3.39. The van der Waals surface area contributed by atoms with E-state index in [4.69, 9.17) is 9.15 Å². The van der Waals surface area contributed by atoms with Crippen LogP contribution in [-0.4, -0.2) is 43.5 Å². The number of rotatable bonds is 7. The second-order valence-corrected chi connectivity index (χ2v) is 6.06. The lowest BCUT2D eigenvalue weighted by Crippen LogP contribution is -2.39. The molecule has 0 bridgehead atoms. The highest BCUT2D eigenvalue weighted by Crippen LogP contribution is 2.12. The van der Waals surface area contributed by atoms with Gasteiger partial charge in [-0.1, -0.05) is 0 Å². The van der Waals surface area contributed by atoms with Crippen LogP contribution in [0.4, 0.5) is 5.69 Å². The van der Waals surface area contributed by atoms with Crippen molar-refractivity contribution in [3.05, 3.63) is 54.0 Å². The summed E-state index contributed by atoms with van der Waals surface area (Å²) in [4.78, 5) is 35.8. The molecule has 0 radical (unpaired) electrons. The van der Waals surface area contributed by atoms with Crippen molar-refractivity contribution in [2.75, 3.05) is 25.0 Å². The third-order valence-corrected chi connectivity index (χ3v) is 4.08. The molecule has 1 aliphatic rings. The topological polar surface area (TPSA) is 110 Å². The Morgan fingerprint density at radius 2 is 1.78 bits per heavy atom. The minimum Gasteiger partial charge on any atom is -0.459 e. The van der Waals surface area contributed by atoms with Gasteiger partial charge in [-0.3, -0.25) is 14.4 Å². The van der Waals surface area contributed by atoms with Gasteiger partial charge in [0.25, 0.3) is 11.8 Å². The lowest BCUT2D eigenvalue weighted by atomic mass is 10.2. The van der Waals surface area contributed by atoms with Crippen LogP contribution in [-0.2, 0) is 9.53 Å². The Morgan fingerprint density at radius 3 is 2.44 bits per heavy atom. The number of carbonyl (C=O) groups excluding carboxylic acids is 3. The van der Waals surface area contributed by atoms with Gasteiger partial charge in [0.1, 0.15) is 6.10 Å². The first-order valence-electron chi connectivity index (χ1n) is 8.76. The molecule has 1 aliphatic heterocycles. The molecule has 1 unspecified atom stereocenters. The van der Waals surface area contributed by atoms with Gasteiger partial charge in [-0.25, -0.2) is 0 Å². The first-order valence-corrected chi connectivity index (χ1v) is 8.76. The van der Waals surface area contributed by atoms with Crippen LogP contribution in [0.1, 0.15) is 33.8 Å². The molecular weight excluding hydrogens is 350 g/mol. The minimum atomic E-state index is -0.371. The van der Waals surface area contributed by atoms with Gasteiger partial charge in [0, 0.05) is 30.9 Å². The number of hydrogen-bond acceptors (Lipinski definition) is 5. The Bertz CT molecular complexity index is 780. The Morgan fingerprint density at radius 1 is 1.00 bits per heavy atom. The fourth-order valence-electron chi connectivity index (χ4n) is 2.67. The molecule has 2 heterocycles. The monoisotopic (exact) mass is 371 g/mol. The van der Waals surface area contributed by atoms with Crippen molar-refractivity contribution in [3.8, 4) is 0 Å². The number of furan rings is 1. The second kappa shape index (κ2) is 9.00. The van der Waals surface area contributed by atoms with E-state index in [9.17, 15) is 14.4 Å². The quantitative estimate of drug-likeness (QED) is 0.640. The van der Waals surface area contributed by atoms with Gasteiger partial charge in [0.05, 0.1) is 6.26 Å². The highest BCUT2D eigenvalue weighted by Gasteiger charge is 2.22. The van der Waals surface area contributed by atoms with Crippen LogP contribution in [0, 0.1) is 0 Å². The van der Waals surface area contributed by atoms with Crippen LogP contribution >= 0.6 is 0 Å². The van der Waals surface area contributed by atoms with Gasteiger partial charge in [-0.2, -0.15) is 0 Å². The molecule has 1 atom stereocenters. The summed E-state index contributed by atoms with van der Waals surface area (Å²) in [6.07, 6.45) is 2.68. The van der Waals surface area contributed by atoms with Crippen molar-refractivity contribution in [1.29, 1.82) is 0 Å². The molecule has 0 spiro atoms. The summed E-state index contributed by atoms with van der Waals surface area (Å²) in [6, 6.07) is 9.68. The molecule has 0 aliphatic carbocycles. The number of amides is 3. The third kappa shape index (κ3) is 5.18. The normalized spacial score (nSPS) is 15.9. The lowest BCUT2D eigenvalue weighted by molar-refractivity contribution is -0.129. The Labute approximate surface area is 156 Å². The molecule has 3 N–H and O–H groups in total. The van der Waals surface area contributed by atoms with Gasteiger partial charge in [-0.15, -0.1) is 0 Å². The largest absolute Gasteiger partial charge is 0.459 e.